The second-order valence-electron chi connectivity index (χ2n) is 4.44. The average Bonchev–Trinajstić information content (AvgIpc) is 2.45. The smallest absolute Gasteiger partial charge is 0.396 e. The van der Waals surface area contributed by atoms with Crippen molar-refractivity contribution in [1.29, 1.82) is 0 Å². The summed E-state index contributed by atoms with van der Waals surface area (Å²) < 4.78 is 10.1. The normalized spacial score (nSPS) is 12.3. The molecular formula is C15H16ClO5S+. The number of benzene rings is 1. The Balaban J connectivity index is 2.51. The van der Waals surface area contributed by atoms with E-state index in [4.69, 9.17) is 20.8 Å². The van der Waals surface area contributed by atoms with E-state index in [1.807, 2.05) is 6.92 Å². The summed E-state index contributed by atoms with van der Waals surface area (Å²) in [5, 5.41) is 11.2. The SMILES string of the molecule is CCOC(=O)C[S+](CC)c1c(O)c2ccc(Cl)cc2oc1=O. The van der Waals surface area contributed by atoms with E-state index in [0.29, 0.717) is 16.2 Å². The van der Waals surface area contributed by atoms with Crippen LogP contribution < -0.4 is 5.63 Å². The number of aromatic hydroxyl groups is 1. The van der Waals surface area contributed by atoms with Gasteiger partial charge in [-0.25, -0.2) is 9.59 Å². The number of esters is 1. The van der Waals surface area contributed by atoms with Crippen molar-refractivity contribution in [2.45, 2.75) is 18.7 Å². The molecule has 7 heteroatoms. The van der Waals surface area contributed by atoms with Crippen molar-refractivity contribution in [2.75, 3.05) is 18.1 Å². The minimum absolute atomic E-state index is 0.0434. The van der Waals surface area contributed by atoms with Crippen LogP contribution in [-0.2, 0) is 20.4 Å². The molecule has 0 aliphatic carbocycles. The van der Waals surface area contributed by atoms with Gasteiger partial charge in [-0.1, -0.05) is 11.6 Å². The standard InChI is InChI=1S/C15H15ClO5S/c1-3-20-12(17)8-22(4-2)14-13(18)10-6-5-9(16)7-11(10)21-15(14)19/h5-7H,3-4,8H2,1-2H3/p+1. The number of hydrogen-bond acceptors (Lipinski definition) is 5. The van der Waals surface area contributed by atoms with Gasteiger partial charge >= 0.3 is 11.6 Å². The van der Waals surface area contributed by atoms with E-state index in [0.717, 1.165) is 0 Å². The number of rotatable bonds is 5. The van der Waals surface area contributed by atoms with Gasteiger partial charge < -0.3 is 14.3 Å². The first-order valence-corrected chi connectivity index (χ1v) is 8.70. The maximum Gasteiger partial charge on any atom is 0.396 e. The highest BCUT2D eigenvalue weighted by Gasteiger charge is 2.33. The van der Waals surface area contributed by atoms with Crippen molar-refractivity contribution in [1.82, 2.24) is 0 Å². The third-order valence-corrected chi connectivity index (χ3v) is 5.49. The Morgan fingerprint density at radius 3 is 2.77 bits per heavy atom. The molecule has 1 unspecified atom stereocenters. The van der Waals surface area contributed by atoms with Gasteiger partial charge in [0.15, 0.2) is 5.75 Å². The highest BCUT2D eigenvalue weighted by molar-refractivity contribution is 7.97. The molecule has 1 aromatic heterocycles. The van der Waals surface area contributed by atoms with Crippen LogP contribution in [0.2, 0.25) is 5.02 Å². The van der Waals surface area contributed by atoms with E-state index in [-0.39, 0.29) is 28.6 Å². The van der Waals surface area contributed by atoms with E-state index in [1.54, 1.807) is 19.1 Å². The number of ether oxygens (including phenoxy) is 1. The largest absolute Gasteiger partial charge is 0.503 e. The van der Waals surface area contributed by atoms with E-state index < -0.39 is 22.5 Å². The van der Waals surface area contributed by atoms with E-state index in [2.05, 4.69) is 0 Å². The zero-order valence-corrected chi connectivity index (χ0v) is 13.8. The Morgan fingerprint density at radius 1 is 1.41 bits per heavy atom. The van der Waals surface area contributed by atoms with Gasteiger partial charge in [0.1, 0.15) is 11.3 Å². The first-order valence-electron chi connectivity index (χ1n) is 6.76. The summed E-state index contributed by atoms with van der Waals surface area (Å²) in [6.45, 7) is 3.83. The second kappa shape index (κ2) is 7.07. The number of fused-ring (bicyclic) bond motifs is 1. The van der Waals surface area contributed by atoms with Crippen LogP contribution in [0.5, 0.6) is 5.75 Å². The minimum atomic E-state index is -0.775. The Labute approximate surface area is 135 Å². The van der Waals surface area contributed by atoms with E-state index in [9.17, 15) is 14.7 Å². The predicted molar refractivity (Wildman–Crippen MR) is 86.8 cm³/mol. The van der Waals surface area contributed by atoms with Gasteiger partial charge in [-0.2, -0.15) is 0 Å². The Bertz CT molecular complexity index is 755. The molecule has 0 aliphatic rings. The van der Waals surface area contributed by atoms with Gasteiger partial charge in [0.2, 0.25) is 5.75 Å². The van der Waals surface area contributed by atoms with Crippen molar-refractivity contribution >= 4 is 39.4 Å². The van der Waals surface area contributed by atoms with Gasteiger partial charge in [0, 0.05) is 22.0 Å². The summed E-state index contributed by atoms with van der Waals surface area (Å²) in [4.78, 5) is 24.0. The topological polar surface area (TPSA) is 76.7 Å². The number of hydrogen-bond donors (Lipinski definition) is 1. The molecule has 0 saturated carbocycles. The molecule has 1 N–H and O–H groups in total. The molecule has 22 heavy (non-hydrogen) atoms. The van der Waals surface area contributed by atoms with Crippen LogP contribution in [0.15, 0.2) is 32.3 Å². The highest BCUT2D eigenvalue weighted by Crippen LogP contribution is 2.32. The lowest BCUT2D eigenvalue weighted by Gasteiger charge is -2.08. The zero-order chi connectivity index (χ0) is 16.3. The predicted octanol–water partition coefficient (Wildman–Crippen LogP) is 2.71. The van der Waals surface area contributed by atoms with Gasteiger partial charge in [-0.05, 0) is 26.0 Å². The molecule has 2 rings (SSSR count). The molecule has 118 valence electrons. The van der Waals surface area contributed by atoms with Gasteiger partial charge in [-0.3, -0.25) is 0 Å². The Hall–Kier alpha value is -1.66. The van der Waals surface area contributed by atoms with E-state index >= 15 is 0 Å². The maximum atomic E-state index is 12.2. The maximum absolute atomic E-state index is 12.2. The van der Waals surface area contributed by atoms with Crippen molar-refractivity contribution in [2.24, 2.45) is 0 Å². The number of carbonyl (C=O) groups excluding carboxylic acids is 1. The quantitative estimate of drug-likeness (QED) is 0.513. The second-order valence-corrected chi connectivity index (χ2v) is 7.13. The molecule has 1 atom stereocenters. The molecule has 1 aromatic carbocycles. The van der Waals surface area contributed by atoms with Crippen LogP contribution in [0.25, 0.3) is 11.0 Å². The van der Waals surface area contributed by atoms with Gasteiger partial charge in [0.05, 0.1) is 12.0 Å². The first-order chi connectivity index (χ1) is 10.5. The monoisotopic (exact) mass is 343 g/mol. The first kappa shape index (κ1) is 16.7. The molecule has 2 aromatic rings. The molecule has 0 aliphatic heterocycles. The van der Waals surface area contributed by atoms with Gasteiger partial charge in [-0.15, -0.1) is 0 Å². The summed E-state index contributed by atoms with van der Waals surface area (Å²) in [5.41, 5.74) is -0.434. The molecular weight excluding hydrogens is 328 g/mol. The van der Waals surface area contributed by atoms with Crippen molar-refractivity contribution < 1.29 is 19.1 Å². The van der Waals surface area contributed by atoms with Crippen molar-refractivity contribution in [3.8, 4) is 5.75 Å². The molecule has 0 saturated heterocycles. The van der Waals surface area contributed by atoms with Crippen LogP contribution >= 0.6 is 11.6 Å². The van der Waals surface area contributed by atoms with Crippen LogP contribution in [0.1, 0.15) is 13.8 Å². The summed E-state index contributed by atoms with van der Waals surface area (Å²) >= 11 is 5.85. The summed E-state index contributed by atoms with van der Waals surface area (Å²) in [6, 6.07) is 4.65. The molecule has 0 fully saturated rings. The Morgan fingerprint density at radius 2 is 2.14 bits per heavy atom. The van der Waals surface area contributed by atoms with Crippen LogP contribution in [-0.4, -0.2) is 29.2 Å². The lowest BCUT2D eigenvalue weighted by Crippen LogP contribution is -2.25. The molecule has 5 nitrogen and oxygen atoms in total. The van der Waals surface area contributed by atoms with Crippen LogP contribution in [0, 0.1) is 0 Å². The molecule has 0 spiro atoms. The molecule has 0 radical (unpaired) electrons. The zero-order valence-electron chi connectivity index (χ0n) is 12.2. The summed E-state index contributed by atoms with van der Waals surface area (Å²) in [6.07, 6.45) is 0. The summed E-state index contributed by atoms with van der Waals surface area (Å²) in [5.74, 6) is 0.0120. The summed E-state index contributed by atoms with van der Waals surface area (Å²) in [7, 11) is -0.775. The lowest BCUT2D eigenvalue weighted by atomic mass is 10.2. The number of halogens is 1. The third kappa shape index (κ3) is 3.39. The molecule has 1 heterocycles. The fourth-order valence-corrected chi connectivity index (χ4v) is 3.89. The Kier molecular flexibility index (Phi) is 5.37. The third-order valence-electron chi connectivity index (χ3n) is 3.04. The minimum Gasteiger partial charge on any atom is -0.503 e. The fourth-order valence-electron chi connectivity index (χ4n) is 2.06. The molecule has 0 amide bonds. The highest BCUT2D eigenvalue weighted by atomic mass is 35.5. The van der Waals surface area contributed by atoms with E-state index in [1.165, 1.54) is 6.07 Å². The molecule has 0 bridgehead atoms. The number of carbonyl (C=O) groups is 1. The van der Waals surface area contributed by atoms with Crippen LogP contribution in [0.3, 0.4) is 0 Å². The van der Waals surface area contributed by atoms with Crippen molar-refractivity contribution in [3.63, 3.8) is 0 Å². The average molecular weight is 344 g/mol. The van der Waals surface area contributed by atoms with Crippen molar-refractivity contribution in [3.05, 3.63) is 33.6 Å². The van der Waals surface area contributed by atoms with Gasteiger partial charge in [0.25, 0.3) is 4.90 Å². The van der Waals surface area contributed by atoms with Crippen LogP contribution in [0.4, 0.5) is 0 Å². The lowest BCUT2D eigenvalue weighted by molar-refractivity contribution is -0.139. The fraction of sp³-hybridized carbons (Fsp3) is 0.333.